The highest BCUT2D eigenvalue weighted by atomic mass is 32.2. The highest BCUT2D eigenvalue weighted by Gasteiger charge is 2.28. The van der Waals surface area contributed by atoms with Crippen LogP contribution in [0.3, 0.4) is 0 Å². The quantitative estimate of drug-likeness (QED) is 0.777. The van der Waals surface area contributed by atoms with E-state index in [1.165, 1.54) is 10.5 Å². The predicted octanol–water partition coefficient (Wildman–Crippen LogP) is -0.107. The highest BCUT2D eigenvalue weighted by molar-refractivity contribution is 7.89. The molecule has 1 amide bonds. The van der Waals surface area contributed by atoms with Crippen molar-refractivity contribution in [1.82, 2.24) is 19.2 Å². The smallest absolute Gasteiger partial charge is 0.274 e. The van der Waals surface area contributed by atoms with E-state index in [-0.39, 0.29) is 11.7 Å². The van der Waals surface area contributed by atoms with Crippen molar-refractivity contribution in [2.75, 3.05) is 31.9 Å². The molecule has 1 fully saturated rings. The fourth-order valence-corrected chi connectivity index (χ4v) is 3.10. The molecule has 1 aromatic rings. The summed E-state index contributed by atoms with van der Waals surface area (Å²) < 4.78 is 24.9. The maximum atomic E-state index is 12.2. The van der Waals surface area contributed by atoms with Crippen LogP contribution in [0.2, 0.25) is 0 Å². The molecular formula is C12H18N4O3S. The van der Waals surface area contributed by atoms with Gasteiger partial charge in [0.05, 0.1) is 17.6 Å². The Bertz CT molecular complexity index is 577. The summed E-state index contributed by atoms with van der Waals surface area (Å²) in [6, 6.07) is 0. The summed E-state index contributed by atoms with van der Waals surface area (Å²) in [5.74, 6) is -0.115. The molecule has 0 bridgehead atoms. The molecule has 0 saturated carbocycles. The predicted molar refractivity (Wildman–Crippen MR) is 73.7 cm³/mol. The van der Waals surface area contributed by atoms with Crippen molar-refractivity contribution in [3.05, 3.63) is 23.8 Å². The van der Waals surface area contributed by atoms with Crippen molar-refractivity contribution in [3.63, 3.8) is 0 Å². The van der Waals surface area contributed by atoms with E-state index in [1.54, 1.807) is 24.9 Å². The summed E-state index contributed by atoms with van der Waals surface area (Å²) >= 11 is 0. The van der Waals surface area contributed by atoms with Crippen LogP contribution in [0.1, 0.15) is 23.1 Å². The minimum atomic E-state index is -3.17. The molecule has 7 nitrogen and oxygen atoms in total. The van der Waals surface area contributed by atoms with Crippen LogP contribution in [-0.4, -0.2) is 65.4 Å². The zero-order valence-corrected chi connectivity index (χ0v) is 12.4. The molecule has 1 saturated heterocycles. The molecular weight excluding hydrogens is 280 g/mol. The van der Waals surface area contributed by atoms with Crippen LogP contribution in [0.25, 0.3) is 0 Å². The molecule has 20 heavy (non-hydrogen) atoms. The summed E-state index contributed by atoms with van der Waals surface area (Å²) in [6.07, 6.45) is 3.00. The molecule has 0 unspecified atom stereocenters. The average molecular weight is 298 g/mol. The molecule has 0 spiro atoms. The number of amides is 1. The van der Waals surface area contributed by atoms with Gasteiger partial charge in [0.2, 0.25) is 10.0 Å². The number of carbonyl (C=O) groups is 1. The molecule has 110 valence electrons. The Morgan fingerprint density at radius 3 is 2.35 bits per heavy atom. The summed E-state index contributed by atoms with van der Waals surface area (Å²) in [4.78, 5) is 21.9. The number of aromatic nitrogens is 2. The summed E-state index contributed by atoms with van der Waals surface area (Å²) in [6.45, 7) is 4.86. The van der Waals surface area contributed by atoms with Gasteiger partial charge in [0, 0.05) is 32.4 Å². The normalized spacial score (nSPS) is 17.2. The average Bonchev–Trinajstić information content (AvgIpc) is 2.47. The zero-order valence-electron chi connectivity index (χ0n) is 11.6. The van der Waals surface area contributed by atoms with Crippen LogP contribution in [0.5, 0.6) is 0 Å². The fourth-order valence-electron chi connectivity index (χ4n) is 2.02. The maximum absolute atomic E-state index is 12.2. The molecule has 2 rings (SSSR count). The first-order valence-corrected chi connectivity index (χ1v) is 8.10. The second-order valence-corrected chi connectivity index (χ2v) is 6.89. The first-order valence-electron chi connectivity index (χ1n) is 6.50. The van der Waals surface area contributed by atoms with E-state index in [0.29, 0.717) is 31.9 Å². The lowest BCUT2D eigenvalue weighted by Crippen LogP contribution is -2.51. The van der Waals surface area contributed by atoms with Crippen LogP contribution >= 0.6 is 0 Å². The first kappa shape index (κ1) is 14.9. The van der Waals surface area contributed by atoms with E-state index >= 15 is 0 Å². The minimum Gasteiger partial charge on any atom is -0.335 e. The minimum absolute atomic E-state index is 0.0877. The van der Waals surface area contributed by atoms with Gasteiger partial charge in [0.1, 0.15) is 5.69 Å². The third-order valence-electron chi connectivity index (χ3n) is 3.28. The zero-order chi connectivity index (χ0) is 14.8. The van der Waals surface area contributed by atoms with Crippen molar-refractivity contribution in [1.29, 1.82) is 0 Å². The topological polar surface area (TPSA) is 83.5 Å². The van der Waals surface area contributed by atoms with Crippen molar-refractivity contribution < 1.29 is 13.2 Å². The van der Waals surface area contributed by atoms with Gasteiger partial charge in [-0.05, 0) is 13.8 Å². The number of sulfonamides is 1. The van der Waals surface area contributed by atoms with Crippen molar-refractivity contribution in [2.24, 2.45) is 0 Å². The summed E-state index contributed by atoms with van der Waals surface area (Å²) in [7, 11) is -3.17. The second-order valence-electron chi connectivity index (χ2n) is 4.63. The number of rotatable bonds is 3. The third kappa shape index (κ3) is 3.13. The Labute approximate surface area is 118 Å². The van der Waals surface area contributed by atoms with E-state index in [0.717, 1.165) is 5.69 Å². The highest BCUT2D eigenvalue weighted by Crippen LogP contribution is 2.10. The lowest BCUT2D eigenvalue weighted by molar-refractivity contribution is 0.0691. The van der Waals surface area contributed by atoms with Gasteiger partial charge in [0.25, 0.3) is 5.91 Å². The van der Waals surface area contributed by atoms with Crippen molar-refractivity contribution in [3.8, 4) is 0 Å². The van der Waals surface area contributed by atoms with Gasteiger partial charge in [0.15, 0.2) is 0 Å². The molecule has 1 aliphatic rings. The Morgan fingerprint density at radius 1 is 1.20 bits per heavy atom. The van der Waals surface area contributed by atoms with E-state index in [1.807, 2.05) is 0 Å². The van der Waals surface area contributed by atoms with Gasteiger partial charge < -0.3 is 4.90 Å². The third-order valence-corrected chi connectivity index (χ3v) is 5.17. The molecule has 1 aliphatic heterocycles. The number of aryl methyl sites for hydroxylation is 1. The van der Waals surface area contributed by atoms with E-state index in [4.69, 9.17) is 0 Å². The molecule has 0 aromatic carbocycles. The molecule has 1 aromatic heterocycles. The molecule has 0 aliphatic carbocycles. The van der Waals surface area contributed by atoms with Crippen LogP contribution in [0.4, 0.5) is 0 Å². The number of piperazine rings is 1. The van der Waals surface area contributed by atoms with Crippen LogP contribution in [0, 0.1) is 6.92 Å². The number of carbonyl (C=O) groups excluding carboxylic acids is 1. The van der Waals surface area contributed by atoms with Crippen LogP contribution in [0.15, 0.2) is 12.4 Å². The lowest BCUT2D eigenvalue weighted by atomic mass is 10.3. The largest absolute Gasteiger partial charge is 0.335 e. The van der Waals surface area contributed by atoms with Gasteiger partial charge >= 0.3 is 0 Å². The number of hydrogen-bond donors (Lipinski definition) is 0. The van der Waals surface area contributed by atoms with E-state index in [9.17, 15) is 13.2 Å². The van der Waals surface area contributed by atoms with E-state index < -0.39 is 10.0 Å². The SMILES string of the molecule is CCS(=O)(=O)N1CCN(C(=O)c2cnc(C)cn2)CC1. The number of hydrogen-bond acceptors (Lipinski definition) is 5. The Hall–Kier alpha value is -1.54. The lowest BCUT2D eigenvalue weighted by Gasteiger charge is -2.33. The molecule has 8 heteroatoms. The number of nitrogens with zero attached hydrogens (tertiary/aromatic N) is 4. The first-order chi connectivity index (χ1) is 9.44. The van der Waals surface area contributed by atoms with Gasteiger partial charge in [-0.3, -0.25) is 9.78 Å². The maximum Gasteiger partial charge on any atom is 0.274 e. The molecule has 0 atom stereocenters. The Morgan fingerprint density at radius 2 is 1.85 bits per heavy atom. The molecule has 2 heterocycles. The van der Waals surface area contributed by atoms with Gasteiger partial charge in [-0.2, -0.15) is 4.31 Å². The van der Waals surface area contributed by atoms with Crippen LogP contribution < -0.4 is 0 Å². The van der Waals surface area contributed by atoms with Crippen molar-refractivity contribution >= 4 is 15.9 Å². The van der Waals surface area contributed by atoms with Gasteiger partial charge in [-0.1, -0.05) is 0 Å². The van der Waals surface area contributed by atoms with Crippen molar-refractivity contribution in [2.45, 2.75) is 13.8 Å². The molecule has 0 radical (unpaired) electrons. The Kier molecular flexibility index (Phi) is 4.34. The second kappa shape index (κ2) is 5.84. The standard InChI is InChI=1S/C12H18N4O3S/c1-3-20(18,19)16-6-4-15(5-7-16)12(17)11-9-13-10(2)8-14-11/h8-9H,3-7H2,1-2H3. The molecule has 0 N–H and O–H groups in total. The monoisotopic (exact) mass is 298 g/mol. The fraction of sp³-hybridized carbons (Fsp3) is 0.583. The summed E-state index contributed by atoms with van der Waals surface area (Å²) in [5.41, 5.74) is 1.04. The Balaban J connectivity index is 2.00. The van der Waals surface area contributed by atoms with E-state index in [2.05, 4.69) is 9.97 Å². The van der Waals surface area contributed by atoms with Gasteiger partial charge in [-0.15, -0.1) is 0 Å². The summed E-state index contributed by atoms with van der Waals surface area (Å²) in [5, 5.41) is 0. The van der Waals surface area contributed by atoms with Gasteiger partial charge in [-0.25, -0.2) is 13.4 Å². The van der Waals surface area contributed by atoms with Crippen LogP contribution in [-0.2, 0) is 10.0 Å².